The minimum Gasteiger partial charge on any atom is -0.490 e. The average Bonchev–Trinajstić information content (AvgIpc) is 2.89. The molecule has 1 saturated carbocycles. The summed E-state index contributed by atoms with van der Waals surface area (Å²) in [7, 11) is 0. The summed E-state index contributed by atoms with van der Waals surface area (Å²) < 4.78 is 12.3. The highest BCUT2D eigenvalue weighted by Gasteiger charge is 2.40. The smallest absolute Gasteiger partial charge is 0.127 e. The highest BCUT2D eigenvalue weighted by atomic mass is 16.6. The molecule has 1 heterocycles. The quantitative estimate of drug-likeness (QED) is 0.918. The predicted molar refractivity (Wildman–Crippen MR) is 82.5 cm³/mol. The number of hydrogen-bond acceptors (Lipinski definition) is 3. The van der Waals surface area contributed by atoms with Crippen LogP contribution in [-0.2, 0) is 11.3 Å². The van der Waals surface area contributed by atoms with Crippen molar-refractivity contribution in [2.24, 2.45) is 0 Å². The zero-order valence-corrected chi connectivity index (χ0v) is 12.9. The Hall–Kier alpha value is -1.06. The third kappa shape index (κ3) is 3.24. The lowest BCUT2D eigenvalue weighted by Crippen LogP contribution is -2.33. The molecule has 2 fully saturated rings. The van der Waals surface area contributed by atoms with E-state index in [-0.39, 0.29) is 18.3 Å². The number of para-hydroxylation sites is 1. The van der Waals surface area contributed by atoms with Crippen molar-refractivity contribution in [2.45, 2.75) is 70.2 Å². The minimum absolute atomic E-state index is 0.0203. The molecule has 1 saturated heterocycles. The molecular weight excluding hydrogens is 264 g/mol. The van der Waals surface area contributed by atoms with E-state index in [9.17, 15) is 5.11 Å². The van der Waals surface area contributed by atoms with Crippen LogP contribution in [0.1, 0.15) is 56.1 Å². The highest BCUT2D eigenvalue weighted by Crippen LogP contribution is 2.42. The van der Waals surface area contributed by atoms with Gasteiger partial charge in [0.15, 0.2) is 0 Å². The molecular formula is C18H26O3. The Morgan fingerprint density at radius 1 is 1.24 bits per heavy atom. The summed E-state index contributed by atoms with van der Waals surface area (Å²) in [6.07, 6.45) is 8.89. The van der Waals surface area contributed by atoms with Crippen molar-refractivity contribution < 1.29 is 14.6 Å². The fourth-order valence-electron chi connectivity index (χ4n) is 3.80. The highest BCUT2D eigenvalue weighted by molar-refractivity contribution is 5.40. The Morgan fingerprint density at radius 2 is 2.05 bits per heavy atom. The lowest BCUT2D eigenvalue weighted by molar-refractivity contribution is -0.0750. The molecule has 1 aromatic rings. The standard InChI is InChI=1S/C18H26O3/c1-14-6-5-7-15(12-19)17(14)20-13-16-8-11-18(21-16)9-3-2-4-10-18/h5-7,16,19H,2-4,8-13H2,1H3. The minimum atomic E-state index is 0.0203. The number of benzene rings is 1. The predicted octanol–water partition coefficient (Wildman–Crippen LogP) is 3.75. The van der Waals surface area contributed by atoms with Crippen molar-refractivity contribution in [3.05, 3.63) is 29.3 Å². The van der Waals surface area contributed by atoms with Crippen LogP contribution in [0.15, 0.2) is 18.2 Å². The summed E-state index contributed by atoms with van der Waals surface area (Å²) in [6, 6.07) is 5.89. The van der Waals surface area contributed by atoms with Crippen molar-refractivity contribution in [3.63, 3.8) is 0 Å². The lowest BCUT2D eigenvalue weighted by atomic mass is 9.83. The van der Waals surface area contributed by atoms with Crippen molar-refractivity contribution in [1.82, 2.24) is 0 Å². The van der Waals surface area contributed by atoms with Crippen LogP contribution in [0.25, 0.3) is 0 Å². The Labute approximate surface area is 127 Å². The molecule has 21 heavy (non-hydrogen) atoms. The SMILES string of the molecule is Cc1cccc(CO)c1OCC1CCC2(CCCCC2)O1. The van der Waals surface area contributed by atoms with Crippen LogP contribution in [0, 0.1) is 6.92 Å². The van der Waals surface area contributed by atoms with Gasteiger partial charge in [-0.2, -0.15) is 0 Å². The van der Waals surface area contributed by atoms with Crippen LogP contribution in [0.5, 0.6) is 5.75 Å². The first-order chi connectivity index (χ1) is 10.2. The van der Waals surface area contributed by atoms with Gasteiger partial charge in [-0.25, -0.2) is 0 Å². The van der Waals surface area contributed by atoms with Crippen molar-refractivity contribution >= 4 is 0 Å². The fourth-order valence-corrected chi connectivity index (χ4v) is 3.80. The Bertz CT molecular complexity index is 477. The van der Waals surface area contributed by atoms with E-state index in [0.717, 1.165) is 23.3 Å². The van der Waals surface area contributed by atoms with Crippen LogP contribution in [0.3, 0.4) is 0 Å². The largest absolute Gasteiger partial charge is 0.490 e. The topological polar surface area (TPSA) is 38.7 Å². The second-order valence-electron chi connectivity index (χ2n) is 6.55. The van der Waals surface area contributed by atoms with Gasteiger partial charge in [-0.1, -0.05) is 37.5 Å². The number of rotatable bonds is 4. The Kier molecular flexibility index (Phi) is 4.51. The third-order valence-corrected chi connectivity index (χ3v) is 4.98. The van der Waals surface area contributed by atoms with Crippen LogP contribution in [0.2, 0.25) is 0 Å². The van der Waals surface area contributed by atoms with Gasteiger partial charge in [0, 0.05) is 5.56 Å². The molecule has 1 aliphatic heterocycles. The fraction of sp³-hybridized carbons (Fsp3) is 0.667. The molecule has 1 N–H and O–H groups in total. The first-order valence-electron chi connectivity index (χ1n) is 8.22. The Morgan fingerprint density at radius 3 is 2.81 bits per heavy atom. The van der Waals surface area contributed by atoms with E-state index in [1.165, 1.54) is 38.5 Å². The van der Waals surface area contributed by atoms with Gasteiger partial charge >= 0.3 is 0 Å². The van der Waals surface area contributed by atoms with Gasteiger partial charge < -0.3 is 14.6 Å². The molecule has 0 amide bonds. The third-order valence-electron chi connectivity index (χ3n) is 4.98. The first kappa shape index (κ1) is 14.9. The average molecular weight is 290 g/mol. The summed E-state index contributed by atoms with van der Waals surface area (Å²) in [4.78, 5) is 0. The molecule has 2 aliphatic rings. The number of aryl methyl sites for hydroxylation is 1. The van der Waals surface area contributed by atoms with E-state index >= 15 is 0 Å². The van der Waals surface area contributed by atoms with Crippen LogP contribution >= 0.6 is 0 Å². The molecule has 116 valence electrons. The number of hydrogen-bond donors (Lipinski definition) is 1. The molecule has 1 aromatic carbocycles. The zero-order valence-electron chi connectivity index (χ0n) is 12.9. The van der Waals surface area contributed by atoms with Gasteiger partial charge in [-0.05, 0) is 38.2 Å². The first-order valence-corrected chi connectivity index (χ1v) is 8.22. The van der Waals surface area contributed by atoms with Gasteiger partial charge in [-0.3, -0.25) is 0 Å². The van der Waals surface area contributed by atoms with Crippen LogP contribution in [0.4, 0.5) is 0 Å². The molecule has 1 aliphatic carbocycles. The zero-order chi connectivity index (χ0) is 14.7. The van der Waals surface area contributed by atoms with Gasteiger partial charge in [0.05, 0.1) is 18.3 Å². The molecule has 0 radical (unpaired) electrons. The molecule has 1 unspecified atom stereocenters. The van der Waals surface area contributed by atoms with E-state index in [1.54, 1.807) is 0 Å². The molecule has 1 atom stereocenters. The molecule has 0 bridgehead atoms. The summed E-state index contributed by atoms with van der Waals surface area (Å²) >= 11 is 0. The maximum Gasteiger partial charge on any atom is 0.127 e. The number of aliphatic hydroxyl groups is 1. The summed E-state index contributed by atoms with van der Waals surface area (Å²) in [5.41, 5.74) is 2.09. The summed E-state index contributed by atoms with van der Waals surface area (Å²) in [5, 5.41) is 9.42. The second-order valence-corrected chi connectivity index (χ2v) is 6.55. The van der Waals surface area contributed by atoms with E-state index in [4.69, 9.17) is 9.47 Å². The van der Waals surface area contributed by atoms with E-state index in [1.807, 2.05) is 25.1 Å². The maximum absolute atomic E-state index is 9.42. The molecule has 3 nitrogen and oxygen atoms in total. The lowest BCUT2D eigenvalue weighted by Gasteiger charge is -2.33. The van der Waals surface area contributed by atoms with Crippen molar-refractivity contribution in [1.29, 1.82) is 0 Å². The van der Waals surface area contributed by atoms with Crippen LogP contribution < -0.4 is 4.74 Å². The Balaban J connectivity index is 1.59. The van der Waals surface area contributed by atoms with E-state index in [0.29, 0.717) is 6.61 Å². The summed E-state index contributed by atoms with van der Waals surface area (Å²) in [6.45, 7) is 2.64. The van der Waals surface area contributed by atoms with Crippen molar-refractivity contribution in [3.8, 4) is 5.75 Å². The van der Waals surface area contributed by atoms with Gasteiger partial charge in [-0.15, -0.1) is 0 Å². The normalized spacial score (nSPS) is 24.4. The maximum atomic E-state index is 9.42. The van der Waals surface area contributed by atoms with Gasteiger partial charge in [0.1, 0.15) is 12.4 Å². The van der Waals surface area contributed by atoms with E-state index in [2.05, 4.69) is 0 Å². The van der Waals surface area contributed by atoms with Crippen LogP contribution in [-0.4, -0.2) is 23.4 Å². The summed E-state index contributed by atoms with van der Waals surface area (Å²) in [5.74, 6) is 0.827. The number of aliphatic hydroxyl groups excluding tert-OH is 1. The van der Waals surface area contributed by atoms with Crippen molar-refractivity contribution in [2.75, 3.05) is 6.61 Å². The van der Waals surface area contributed by atoms with E-state index < -0.39 is 0 Å². The number of ether oxygens (including phenoxy) is 2. The van der Waals surface area contributed by atoms with Gasteiger partial charge in [0.2, 0.25) is 0 Å². The van der Waals surface area contributed by atoms with Gasteiger partial charge in [0.25, 0.3) is 0 Å². The molecule has 1 spiro atoms. The second kappa shape index (κ2) is 6.37. The molecule has 0 aromatic heterocycles. The molecule has 3 rings (SSSR count). The molecule has 3 heteroatoms. The monoisotopic (exact) mass is 290 g/mol.